The zero-order valence-corrected chi connectivity index (χ0v) is 15.1. The summed E-state index contributed by atoms with van der Waals surface area (Å²) < 4.78 is 13.6. The topological polar surface area (TPSA) is 66.9 Å². The molecule has 2 N–H and O–H groups in total. The highest BCUT2D eigenvalue weighted by Gasteiger charge is 2.09. The Morgan fingerprint density at radius 3 is 2.72 bits per heavy atom. The van der Waals surface area contributed by atoms with Gasteiger partial charge in [0.1, 0.15) is 5.82 Å². The van der Waals surface area contributed by atoms with Crippen LogP contribution in [0.5, 0.6) is 0 Å². The van der Waals surface area contributed by atoms with E-state index in [0.29, 0.717) is 25.9 Å². The highest BCUT2D eigenvalue weighted by Crippen LogP contribution is 2.28. The second-order valence-corrected chi connectivity index (χ2v) is 7.51. The molecule has 0 saturated heterocycles. The summed E-state index contributed by atoms with van der Waals surface area (Å²) in [4.78, 5) is 11.9. The molecule has 0 fully saturated rings. The van der Waals surface area contributed by atoms with Gasteiger partial charge in [0, 0.05) is 16.5 Å². The number of benzene rings is 2. The van der Waals surface area contributed by atoms with Gasteiger partial charge in [-0.3, -0.25) is 5.32 Å². The maximum Gasteiger partial charge on any atom is 0.325 e. The van der Waals surface area contributed by atoms with Crippen molar-refractivity contribution in [3.63, 3.8) is 0 Å². The van der Waals surface area contributed by atoms with Crippen molar-refractivity contribution in [1.82, 2.24) is 10.2 Å². The molecule has 1 aromatic heterocycles. The number of carbonyl (C=O) groups excluding carboxylic acids is 1. The van der Waals surface area contributed by atoms with Crippen LogP contribution in [0.2, 0.25) is 5.02 Å². The van der Waals surface area contributed by atoms with E-state index in [0.717, 1.165) is 5.56 Å². The van der Waals surface area contributed by atoms with E-state index >= 15 is 0 Å². The Morgan fingerprint density at radius 2 is 1.96 bits per heavy atom. The van der Waals surface area contributed by atoms with E-state index < -0.39 is 6.03 Å². The Bertz CT molecular complexity index is 873. The lowest BCUT2D eigenvalue weighted by Crippen LogP contribution is -2.19. The quantitative estimate of drug-likeness (QED) is 0.457. The molecule has 0 radical (unpaired) electrons. The minimum Gasteiger partial charge on any atom is -0.308 e. The molecule has 3 rings (SSSR count). The van der Waals surface area contributed by atoms with E-state index in [1.54, 1.807) is 36.4 Å². The van der Waals surface area contributed by atoms with Crippen molar-refractivity contribution in [2.45, 2.75) is 10.1 Å². The van der Waals surface area contributed by atoms with Gasteiger partial charge in [-0.2, -0.15) is 0 Å². The first-order valence-electron chi connectivity index (χ1n) is 7.13. The summed E-state index contributed by atoms with van der Waals surface area (Å²) in [5, 5.41) is 14.2. The molecular weight excluding hydrogens is 383 g/mol. The standard InChI is InChI=1S/C16H12ClFN4OS2/c17-11-2-1-3-13(8-11)19-14(23)20-15-21-22-16(25-15)24-9-10-4-6-12(18)7-5-10/h1-8H,9H2,(H2,19,20,21,23). The Kier molecular flexibility index (Phi) is 5.85. The van der Waals surface area contributed by atoms with E-state index in [2.05, 4.69) is 20.8 Å². The van der Waals surface area contributed by atoms with Crippen molar-refractivity contribution in [2.24, 2.45) is 0 Å². The second-order valence-electron chi connectivity index (χ2n) is 4.88. The number of aromatic nitrogens is 2. The number of nitrogens with zero attached hydrogens (tertiary/aromatic N) is 2. The monoisotopic (exact) mass is 394 g/mol. The summed E-state index contributed by atoms with van der Waals surface area (Å²) in [5.74, 6) is 0.380. The fraction of sp³-hybridized carbons (Fsp3) is 0.0625. The predicted molar refractivity (Wildman–Crippen MR) is 100.0 cm³/mol. The number of nitrogens with one attached hydrogen (secondary N) is 2. The third-order valence-corrected chi connectivity index (χ3v) is 5.26. The van der Waals surface area contributed by atoms with Gasteiger partial charge in [-0.05, 0) is 35.9 Å². The number of anilines is 2. The molecule has 25 heavy (non-hydrogen) atoms. The van der Waals surface area contributed by atoms with Crippen molar-refractivity contribution in [1.29, 1.82) is 0 Å². The van der Waals surface area contributed by atoms with Gasteiger partial charge in [0.05, 0.1) is 0 Å². The number of amides is 2. The van der Waals surface area contributed by atoms with Crippen LogP contribution in [0.25, 0.3) is 0 Å². The summed E-state index contributed by atoms with van der Waals surface area (Å²) >= 11 is 8.60. The number of rotatable bonds is 5. The number of thioether (sulfide) groups is 1. The highest BCUT2D eigenvalue weighted by molar-refractivity contribution is 8.00. The molecule has 0 unspecified atom stereocenters. The Morgan fingerprint density at radius 1 is 1.16 bits per heavy atom. The smallest absolute Gasteiger partial charge is 0.308 e. The zero-order valence-electron chi connectivity index (χ0n) is 12.7. The van der Waals surface area contributed by atoms with Crippen LogP contribution in [0.3, 0.4) is 0 Å². The van der Waals surface area contributed by atoms with Gasteiger partial charge in [0.25, 0.3) is 0 Å². The Labute approximate surface area is 156 Å². The lowest BCUT2D eigenvalue weighted by Gasteiger charge is -2.04. The largest absolute Gasteiger partial charge is 0.325 e. The maximum atomic E-state index is 12.9. The van der Waals surface area contributed by atoms with Crippen LogP contribution in [-0.4, -0.2) is 16.2 Å². The molecule has 0 spiro atoms. The van der Waals surface area contributed by atoms with Gasteiger partial charge in [-0.15, -0.1) is 10.2 Å². The first-order chi connectivity index (χ1) is 12.1. The fourth-order valence-electron chi connectivity index (χ4n) is 1.87. The van der Waals surface area contributed by atoms with Crippen LogP contribution in [0.1, 0.15) is 5.56 Å². The van der Waals surface area contributed by atoms with Crippen molar-refractivity contribution in [2.75, 3.05) is 10.6 Å². The molecule has 2 amide bonds. The van der Waals surface area contributed by atoms with E-state index in [1.165, 1.54) is 35.2 Å². The van der Waals surface area contributed by atoms with Gasteiger partial charge < -0.3 is 5.32 Å². The lowest BCUT2D eigenvalue weighted by molar-refractivity contribution is 0.262. The molecule has 0 aliphatic heterocycles. The summed E-state index contributed by atoms with van der Waals surface area (Å²) in [6.07, 6.45) is 0. The van der Waals surface area contributed by atoms with E-state index in [9.17, 15) is 9.18 Å². The molecule has 3 aromatic rings. The van der Waals surface area contributed by atoms with Gasteiger partial charge in [-0.25, -0.2) is 9.18 Å². The van der Waals surface area contributed by atoms with Gasteiger partial charge in [0.2, 0.25) is 5.13 Å². The normalized spacial score (nSPS) is 10.5. The number of hydrogen-bond donors (Lipinski definition) is 2. The van der Waals surface area contributed by atoms with Crippen LogP contribution < -0.4 is 10.6 Å². The van der Waals surface area contributed by atoms with E-state index in [-0.39, 0.29) is 5.82 Å². The molecule has 0 bridgehead atoms. The molecular formula is C16H12ClFN4OS2. The first kappa shape index (κ1) is 17.7. The van der Waals surface area contributed by atoms with Crippen LogP contribution >= 0.6 is 34.7 Å². The fourth-order valence-corrected chi connectivity index (χ4v) is 3.76. The molecule has 128 valence electrons. The SMILES string of the molecule is O=C(Nc1cccc(Cl)c1)Nc1nnc(SCc2ccc(F)cc2)s1. The van der Waals surface area contributed by atoms with Crippen LogP contribution in [0.4, 0.5) is 20.0 Å². The second kappa shape index (κ2) is 8.28. The minimum absolute atomic E-state index is 0.262. The number of carbonyl (C=O) groups is 1. The van der Waals surface area contributed by atoms with Crippen molar-refractivity contribution in [3.05, 3.63) is 64.9 Å². The van der Waals surface area contributed by atoms with Gasteiger partial charge in [0.15, 0.2) is 4.34 Å². The van der Waals surface area contributed by atoms with Crippen molar-refractivity contribution >= 4 is 51.5 Å². The maximum absolute atomic E-state index is 12.9. The Hall–Kier alpha value is -2.16. The van der Waals surface area contributed by atoms with E-state index in [4.69, 9.17) is 11.6 Å². The average molecular weight is 395 g/mol. The number of urea groups is 1. The third-order valence-electron chi connectivity index (χ3n) is 2.98. The minimum atomic E-state index is -0.423. The first-order valence-corrected chi connectivity index (χ1v) is 9.31. The van der Waals surface area contributed by atoms with Crippen LogP contribution in [-0.2, 0) is 5.75 Å². The van der Waals surface area contributed by atoms with Crippen LogP contribution in [0.15, 0.2) is 52.9 Å². The van der Waals surface area contributed by atoms with Gasteiger partial charge in [-0.1, -0.05) is 52.9 Å². The summed E-state index contributed by atoms with van der Waals surface area (Å²) in [6.45, 7) is 0. The molecule has 0 aliphatic carbocycles. The average Bonchev–Trinajstić information content (AvgIpc) is 3.01. The molecule has 0 atom stereocenters. The summed E-state index contributed by atoms with van der Waals surface area (Å²) in [5.41, 5.74) is 1.57. The third kappa shape index (κ3) is 5.42. The summed E-state index contributed by atoms with van der Waals surface area (Å²) in [7, 11) is 0. The van der Waals surface area contributed by atoms with Crippen LogP contribution in [0, 0.1) is 5.82 Å². The van der Waals surface area contributed by atoms with Gasteiger partial charge >= 0.3 is 6.03 Å². The molecule has 9 heteroatoms. The summed E-state index contributed by atoms with van der Waals surface area (Å²) in [6, 6.07) is 12.7. The zero-order chi connectivity index (χ0) is 17.6. The van der Waals surface area contributed by atoms with E-state index in [1.807, 2.05) is 0 Å². The molecule has 2 aromatic carbocycles. The Balaban J connectivity index is 1.52. The lowest BCUT2D eigenvalue weighted by atomic mass is 10.2. The molecule has 0 saturated carbocycles. The van der Waals surface area contributed by atoms with Crippen molar-refractivity contribution in [3.8, 4) is 0 Å². The molecule has 0 aliphatic rings. The molecule has 1 heterocycles. The van der Waals surface area contributed by atoms with Crippen molar-refractivity contribution < 1.29 is 9.18 Å². The number of hydrogen-bond acceptors (Lipinski definition) is 5. The predicted octanol–water partition coefficient (Wildman–Crippen LogP) is 5.27. The molecule has 5 nitrogen and oxygen atoms in total. The highest BCUT2D eigenvalue weighted by atomic mass is 35.5. The number of halogens is 2.